The van der Waals surface area contributed by atoms with E-state index < -0.39 is 5.97 Å². The number of aromatic hydroxyl groups is 1. The highest BCUT2D eigenvalue weighted by atomic mass is 16.5. The van der Waals surface area contributed by atoms with Gasteiger partial charge in [-0.25, -0.2) is 9.59 Å². The van der Waals surface area contributed by atoms with Crippen molar-refractivity contribution < 1.29 is 14.6 Å². The van der Waals surface area contributed by atoms with Crippen LogP contribution in [0.3, 0.4) is 0 Å². The number of nitrogens with zero attached hydrogens (tertiary/aromatic N) is 2. The van der Waals surface area contributed by atoms with Gasteiger partial charge < -0.3 is 9.84 Å². The lowest BCUT2D eigenvalue weighted by atomic mass is 10.1. The number of benzene rings is 1. The summed E-state index contributed by atoms with van der Waals surface area (Å²) in [5.74, 6) is -0.489. The third-order valence-corrected chi connectivity index (χ3v) is 2.88. The summed E-state index contributed by atoms with van der Waals surface area (Å²) < 4.78 is 7.15. The molecule has 0 radical (unpaired) electrons. The Morgan fingerprint density at radius 1 is 1.32 bits per heavy atom. The van der Waals surface area contributed by atoms with E-state index in [2.05, 4.69) is 4.74 Å². The normalized spacial score (nSPS) is 10.4. The number of rotatable bonds is 3. The number of carbonyl (C=O) groups is 1. The zero-order valence-corrected chi connectivity index (χ0v) is 10.7. The molecule has 0 atom stereocenters. The summed E-state index contributed by atoms with van der Waals surface area (Å²) in [4.78, 5) is 23.0. The molecule has 0 aliphatic carbocycles. The van der Waals surface area contributed by atoms with Crippen LogP contribution in [0.2, 0.25) is 0 Å². The van der Waals surface area contributed by atoms with Crippen molar-refractivity contribution in [1.82, 2.24) is 9.13 Å². The van der Waals surface area contributed by atoms with Crippen LogP contribution >= 0.6 is 0 Å². The fourth-order valence-electron chi connectivity index (χ4n) is 1.75. The van der Waals surface area contributed by atoms with Crippen molar-refractivity contribution in [3.63, 3.8) is 0 Å². The number of ether oxygens (including phenoxy) is 1. The number of aromatic nitrogens is 2. The average molecular weight is 262 g/mol. The van der Waals surface area contributed by atoms with Crippen LogP contribution in [0, 0.1) is 0 Å². The molecule has 0 amide bonds. The Morgan fingerprint density at radius 2 is 1.95 bits per heavy atom. The average Bonchev–Trinajstić information content (AvgIpc) is 2.66. The van der Waals surface area contributed by atoms with Crippen LogP contribution in [0.25, 0.3) is 0 Å². The van der Waals surface area contributed by atoms with Gasteiger partial charge in [-0.05, 0) is 17.7 Å². The third-order valence-electron chi connectivity index (χ3n) is 2.88. The van der Waals surface area contributed by atoms with E-state index in [-0.39, 0.29) is 11.6 Å². The summed E-state index contributed by atoms with van der Waals surface area (Å²) in [6.45, 7) is 0.328. The number of hydrogen-bond donors (Lipinski definition) is 1. The summed E-state index contributed by atoms with van der Waals surface area (Å²) in [5.41, 5.74) is 1.00. The third kappa shape index (κ3) is 2.52. The highest BCUT2D eigenvalue weighted by Gasteiger charge is 2.08. The maximum atomic E-state index is 11.7. The summed E-state index contributed by atoms with van der Waals surface area (Å²) in [6.07, 6.45) is 1.37. The van der Waals surface area contributed by atoms with Gasteiger partial charge in [-0.15, -0.1) is 0 Å². The molecule has 0 aliphatic heterocycles. The molecule has 0 saturated carbocycles. The predicted octanol–water partition coefficient (Wildman–Crippen LogP) is 0.727. The first-order valence-electron chi connectivity index (χ1n) is 5.65. The second-order valence-corrected chi connectivity index (χ2v) is 4.15. The van der Waals surface area contributed by atoms with E-state index in [4.69, 9.17) is 0 Å². The Morgan fingerprint density at radius 3 is 2.42 bits per heavy atom. The second kappa shape index (κ2) is 5.01. The SMILES string of the molecule is COC(=O)c1ccc(Cn2cc(O)n(C)c2=O)cc1. The Bertz CT molecular complexity index is 652. The van der Waals surface area contributed by atoms with Gasteiger partial charge >= 0.3 is 11.7 Å². The molecule has 6 nitrogen and oxygen atoms in total. The zero-order chi connectivity index (χ0) is 14.0. The Kier molecular flexibility index (Phi) is 3.41. The van der Waals surface area contributed by atoms with Gasteiger partial charge in [0.2, 0.25) is 5.88 Å². The maximum Gasteiger partial charge on any atom is 0.337 e. The van der Waals surface area contributed by atoms with Crippen molar-refractivity contribution in [3.8, 4) is 5.88 Å². The molecule has 2 rings (SSSR count). The van der Waals surface area contributed by atoms with Gasteiger partial charge in [0.15, 0.2) is 0 Å². The molecule has 6 heteroatoms. The van der Waals surface area contributed by atoms with Crippen LogP contribution < -0.4 is 5.69 Å². The van der Waals surface area contributed by atoms with Crippen molar-refractivity contribution in [3.05, 3.63) is 52.1 Å². The topological polar surface area (TPSA) is 73.5 Å². The number of hydrogen-bond acceptors (Lipinski definition) is 4. The van der Waals surface area contributed by atoms with E-state index in [1.165, 1.54) is 24.9 Å². The molecule has 19 heavy (non-hydrogen) atoms. The van der Waals surface area contributed by atoms with Crippen LogP contribution in [-0.4, -0.2) is 27.3 Å². The van der Waals surface area contributed by atoms with Gasteiger partial charge in [-0.1, -0.05) is 12.1 Å². The molecule has 0 fully saturated rings. The van der Waals surface area contributed by atoms with Crippen molar-refractivity contribution in [2.45, 2.75) is 6.54 Å². The van der Waals surface area contributed by atoms with Gasteiger partial charge in [0.05, 0.1) is 25.4 Å². The van der Waals surface area contributed by atoms with Gasteiger partial charge in [-0.2, -0.15) is 0 Å². The summed E-state index contributed by atoms with van der Waals surface area (Å²) >= 11 is 0. The fourth-order valence-corrected chi connectivity index (χ4v) is 1.75. The Balaban J connectivity index is 2.22. The lowest BCUT2D eigenvalue weighted by molar-refractivity contribution is 0.0600. The van der Waals surface area contributed by atoms with E-state index in [9.17, 15) is 14.7 Å². The largest absolute Gasteiger partial charge is 0.493 e. The van der Waals surface area contributed by atoms with Crippen LogP contribution in [0.4, 0.5) is 0 Å². The lowest BCUT2D eigenvalue weighted by Crippen LogP contribution is -2.22. The van der Waals surface area contributed by atoms with E-state index >= 15 is 0 Å². The van der Waals surface area contributed by atoms with Gasteiger partial charge in [0, 0.05) is 7.05 Å². The van der Waals surface area contributed by atoms with E-state index in [0.717, 1.165) is 10.1 Å². The van der Waals surface area contributed by atoms with Gasteiger partial charge in [0.25, 0.3) is 0 Å². The summed E-state index contributed by atoms with van der Waals surface area (Å²) in [6, 6.07) is 6.75. The highest BCUT2D eigenvalue weighted by molar-refractivity contribution is 5.89. The predicted molar refractivity (Wildman–Crippen MR) is 68.2 cm³/mol. The summed E-state index contributed by atoms with van der Waals surface area (Å²) in [7, 11) is 2.82. The molecule has 2 aromatic rings. The molecule has 1 heterocycles. The van der Waals surface area contributed by atoms with Crippen LogP contribution in [0.15, 0.2) is 35.3 Å². The van der Waals surface area contributed by atoms with E-state index in [1.54, 1.807) is 24.3 Å². The molecule has 0 saturated heterocycles. The van der Waals surface area contributed by atoms with Crippen LogP contribution in [-0.2, 0) is 18.3 Å². The first-order valence-corrected chi connectivity index (χ1v) is 5.65. The lowest BCUT2D eigenvalue weighted by Gasteiger charge is -2.03. The van der Waals surface area contributed by atoms with E-state index in [0.29, 0.717) is 12.1 Å². The molecule has 100 valence electrons. The van der Waals surface area contributed by atoms with E-state index in [1.807, 2.05) is 0 Å². The first kappa shape index (κ1) is 12.9. The minimum atomic E-state index is -0.402. The number of methoxy groups -OCH3 is 1. The number of carbonyl (C=O) groups excluding carboxylic acids is 1. The number of esters is 1. The first-order chi connectivity index (χ1) is 9.02. The standard InChI is InChI=1S/C13H14N2O4/c1-14-11(16)8-15(13(14)18)7-9-3-5-10(6-4-9)12(17)19-2/h3-6,8,16H,7H2,1-2H3. The summed E-state index contributed by atoms with van der Waals surface area (Å²) in [5, 5.41) is 9.43. The molecule has 1 aromatic heterocycles. The molecule has 1 N–H and O–H groups in total. The minimum absolute atomic E-state index is 0.0869. The van der Waals surface area contributed by atoms with Crippen molar-refractivity contribution in [2.75, 3.05) is 7.11 Å². The Hall–Kier alpha value is -2.50. The minimum Gasteiger partial charge on any atom is -0.493 e. The Labute approximate surface area is 109 Å². The quantitative estimate of drug-likeness (QED) is 0.827. The van der Waals surface area contributed by atoms with Crippen LogP contribution in [0.5, 0.6) is 5.88 Å². The monoisotopic (exact) mass is 262 g/mol. The second-order valence-electron chi connectivity index (χ2n) is 4.15. The maximum absolute atomic E-state index is 11.7. The molecule has 0 aliphatic rings. The fraction of sp³-hybridized carbons (Fsp3) is 0.231. The van der Waals surface area contributed by atoms with Gasteiger partial charge in [0.1, 0.15) is 0 Å². The van der Waals surface area contributed by atoms with Crippen molar-refractivity contribution in [1.29, 1.82) is 0 Å². The highest BCUT2D eigenvalue weighted by Crippen LogP contribution is 2.09. The van der Waals surface area contributed by atoms with Crippen molar-refractivity contribution >= 4 is 5.97 Å². The smallest absolute Gasteiger partial charge is 0.337 e. The molecular formula is C13H14N2O4. The zero-order valence-electron chi connectivity index (χ0n) is 10.7. The molecular weight excluding hydrogens is 248 g/mol. The van der Waals surface area contributed by atoms with Gasteiger partial charge in [-0.3, -0.25) is 9.13 Å². The van der Waals surface area contributed by atoms with Crippen LogP contribution in [0.1, 0.15) is 15.9 Å². The molecule has 0 unspecified atom stereocenters. The van der Waals surface area contributed by atoms with Crippen molar-refractivity contribution in [2.24, 2.45) is 7.05 Å². The number of imidazole rings is 1. The molecule has 0 bridgehead atoms. The molecule has 1 aromatic carbocycles. The molecule has 0 spiro atoms.